The van der Waals surface area contributed by atoms with Crippen LogP contribution in [0.4, 0.5) is 5.69 Å². The van der Waals surface area contributed by atoms with Crippen LogP contribution in [0.3, 0.4) is 0 Å². The molecule has 0 aromatic heterocycles. The number of benzene rings is 1. The highest BCUT2D eigenvalue weighted by Crippen LogP contribution is 2.27. The molecule has 2 N–H and O–H groups in total. The predicted octanol–water partition coefficient (Wildman–Crippen LogP) is 1.89. The molecule has 1 aromatic carbocycles. The second-order valence-electron chi connectivity index (χ2n) is 5.78. The molecular formula is C16H22N2O2. The van der Waals surface area contributed by atoms with Gasteiger partial charge in [0.15, 0.2) is 0 Å². The number of rotatable bonds is 2. The molecular weight excluding hydrogens is 252 g/mol. The number of likely N-dealkylation sites (tertiary alicyclic amines) is 1. The lowest BCUT2D eigenvalue weighted by atomic mass is 9.94. The summed E-state index contributed by atoms with van der Waals surface area (Å²) in [5.74, 6) is 0.521. The van der Waals surface area contributed by atoms with Gasteiger partial charge in [-0.3, -0.25) is 4.79 Å². The molecule has 20 heavy (non-hydrogen) atoms. The average molecular weight is 274 g/mol. The Bertz CT molecular complexity index is 493. The number of carbonyl (C=O) groups is 1. The fourth-order valence-electron chi connectivity index (χ4n) is 3.20. The molecule has 2 aliphatic heterocycles. The summed E-state index contributed by atoms with van der Waals surface area (Å²) >= 11 is 0. The fourth-order valence-corrected chi connectivity index (χ4v) is 3.20. The normalized spacial score (nSPS) is 19.4. The highest BCUT2D eigenvalue weighted by molar-refractivity contribution is 5.97. The van der Waals surface area contributed by atoms with Crippen molar-refractivity contribution in [3.8, 4) is 0 Å². The van der Waals surface area contributed by atoms with E-state index in [0.717, 1.165) is 56.6 Å². The molecule has 2 heterocycles. The Balaban J connectivity index is 1.78. The van der Waals surface area contributed by atoms with Crippen LogP contribution in [0.2, 0.25) is 0 Å². The number of hydrogen-bond acceptors (Lipinski definition) is 3. The molecule has 0 saturated carbocycles. The van der Waals surface area contributed by atoms with E-state index in [-0.39, 0.29) is 12.5 Å². The topological polar surface area (TPSA) is 52.6 Å². The second kappa shape index (κ2) is 5.83. The third kappa shape index (κ3) is 2.52. The van der Waals surface area contributed by atoms with Gasteiger partial charge in [-0.2, -0.15) is 0 Å². The van der Waals surface area contributed by atoms with Gasteiger partial charge in [-0.25, -0.2) is 0 Å². The van der Waals surface area contributed by atoms with Crippen molar-refractivity contribution in [2.75, 3.05) is 31.6 Å². The van der Waals surface area contributed by atoms with Crippen LogP contribution < -0.4 is 5.32 Å². The summed E-state index contributed by atoms with van der Waals surface area (Å²) in [7, 11) is 0. The molecule has 0 spiro atoms. The first-order chi connectivity index (χ1) is 9.79. The van der Waals surface area contributed by atoms with E-state index in [1.54, 1.807) is 0 Å². The number of nitrogens with one attached hydrogen (secondary N) is 1. The van der Waals surface area contributed by atoms with Gasteiger partial charge in [0.25, 0.3) is 5.91 Å². The van der Waals surface area contributed by atoms with Crippen molar-refractivity contribution < 1.29 is 9.90 Å². The van der Waals surface area contributed by atoms with E-state index in [1.165, 1.54) is 5.56 Å². The van der Waals surface area contributed by atoms with Gasteiger partial charge in [0.1, 0.15) is 0 Å². The highest BCUT2D eigenvalue weighted by Gasteiger charge is 2.25. The van der Waals surface area contributed by atoms with Gasteiger partial charge in [0.05, 0.1) is 0 Å². The Morgan fingerprint density at radius 1 is 1.35 bits per heavy atom. The third-order valence-electron chi connectivity index (χ3n) is 4.49. The van der Waals surface area contributed by atoms with Crippen LogP contribution in [-0.4, -0.2) is 42.2 Å². The van der Waals surface area contributed by atoms with Crippen molar-refractivity contribution in [2.24, 2.45) is 5.92 Å². The summed E-state index contributed by atoms with van der Waals surface area (Å²) in [4.78, 5) is 14.6. The van der Waals surface area contributed by atoms with Crippen molar-refractivity contribution in [2.45, 2.75) is 25.7 Å². The quantitative estimate of drug-likeness (QED) is 0.866. The number of fused-ring (bicyclic) bond motifs is 1. The second-order valence-corrected chi connectivity index (χ2v) is 5.78. The minimum Gasteiger partial charge on any atom is -0.396 e. The lowest BCUT2D eigenvalue weighted by Gasteiger charge is -2.32. The summed E-state index contributed by atoms with van der Waals surface area (Å²) in [6, 6.07) is 5.97. The Kier molecular flexibility index (Phi) is 3.92. The van der Waals surface area contributed by atoms with Gasteiger partial charge in [0, 0.05) is 37.5 Å². The molecule has 1 saturated heterocycles. The summed E-state index contributed by atoms with van der Waals surface area (Å²) < 4.78 is 0. The molecule has 0 bridgehead atoms. The van der Waals surface area contributed by atoms with E-state index in [1.807, 2.05) is 17.0 Å². The number of piperidine rings is 1. The van der Waals surface area contributed by atoms with Crippen LogP contribution in [0.25, 0.3) is 0 Å². The zero-order valence-corrected chi connectivity index (χ0v) is 11.8. The third-order valence-corrected chi connectivity index (χ3v) is 4.49. The Morgan fingerprint density at radius 3 is 2.90 bits per heavy atom. The first-order valence-electron chi connectivity index (χ1n) is 7.55. The maximum atomic E-state index is 12.7. The molecule has 108 valence electrons. The van der Waals surface area contributed by atoms with E-state index in [9.17, 15) is 9.90 Å². The number of anilines is 1. The Morgan fingerprint density at radius 2 is 2.15 bits per heavy atom. The van der Waals surface area contributed by atoms with Crippen LogP contribution in [0, 0.1) is 5.92 Å². The number of carbonyl (C=O) groups excluding carboxylic acids is 1. The van der Waals surface area contributed by atoms with Crippen LogP contribution in [0.5, 0.6) is 0 Å². The van der Waals surface area contributed by atoms with E-state index in [4.69, 9.17) is 0 Å². The molecule has 0 radical (unpaired) electrons. The van der Waals surface area contributed by atoms with Crippen LogP contribution >= 0.6 is 0 Å². The SMILES string of the molecule is O=C(c1cccc2c1CCCN2)N1CCC(CO)CC1. The van der Waals surface area contributed by atoms with Crippen molar-refractivity contribution in [1.29, 1.82) is 0 Å². The van der Waals surface area contributed by atoms with Gasteiger partial charge >= 0.3 is 0 Å². The van der Waals surface area contributed by atoms with E-state index < -0.39 is 0 Å². The minimum atomic E-state index is 0.155. The summed E-state index contributed by atoms with van der Waals surface area (Å²) in [6.45, 7) is 2.77. The van der Waals surface area contributed by atoms with Crippen LogP contribution in [0.15, 0.2) is 18.2 Å². The maximum Gasteiger partial charge on any atom is 0.254 e. The molecule has 1 amide bonds. The van der Waals surface area contributed by atoms with Crippen LogP contribution in [0.1, 0.15) is 35.2 Å². The monoisotopic (exact) mass is 274 g/mol. The summed E-state index contributed by atoms with van der Waals surface area (Å²) in [5, 5.41) is 12.6. The maximum absolute atomic E-state index is 12.7. The molecule has 0 aliphatic carbocycles. The zero-order valence-electron chi connectivity index (χ0n) is 11.8. The highest BCUT2D eigenvalue weighted by atomic mass is 16.3. The van der Waals surface area contributed by atoms with E-state index in [2.05, 4.69) is 11.4 Å². The standard InChI is InChI=1S/C16H22N2O2/c19-11-12-6-9-18(10-7-12)16(20)14-3-1-5-15-13(14)4-2-8-17-15/h1,3,5,12,17,19H,2,4,6-11H2. The van der Waals surface area contributed by atoms with Gasteiger partial charge in [-0.1, -0.05) is 6.07 Å². The largest absolute Gasteiger partial charge is 0.396 e. The summed E-state index contributed by atoms with van der Waals surface area (Å²) in [5.41, 5.74) is 3.15. The fraction of sp³-hybridized carbons (Fsp3) is 0.562. The van der Waals surface area contributed by atoms with Crippen molar-refractivity contribution in [1.82, 2.24) is 4.90 Å². The average Bonchev–Trinajstić information content (AvgIpc) is 2.54. The Labute approximate surface area is 119 Å². The smallest absolute Gasteiger partial charge is 0.254 e. The number of hydrogen-bond donors (Lipinski definition) is 2. The lowest BCUT2D eigenvalue weighted by molar-refractivity contribution is 0.0650. The molecule has 1 fully saturated rings. The minimum absolute atomic E-state index is 0.155. The van der Waals surface area contributed by atoms with E-state index in [0.29, 0.717) is 5.92 Å². The molecule has 4 nitrogen and oxygen atoms in total. The van der Waals surface area contributed by atoms with Gasteiger partial charge in [-0.05, 0) is 49.3 Å². The van der Waals surface area contributed by atoms with Crippen molar-refractivity contribution in [3.63, 3.8) is 0 Å². The number of amides is 1. The van der Waals surface area contributed by atoms with Gasteiger partial charge in [0.2, 0.25) is 0 Å². The van der Waals surface area contributed by atoms with Crippen molar-refractivity contribution >= 4 is 11.6 Å². The van der Waals surface area contributed by atoms with Gasteiger partial charge in [-0.15, -0.1) is 0 Å². The zero-order chi connectivity index (χ0) is 13.9. The number of aliphatic hydroxyl groups excluding tert-OH is 1. The molecule has 1 aromatic rings. The van der Waals surface area contributed by atoms with E-state index >= 15 is 0 Å². The molecule has 4 heteroatoms. The molecule has 3 rings (SSSR count). The molecule has 0 unspecified atom stereocenters. The van der Waals surface area contributed by atoms with Crippen molar-refractivity contribution in [3.05, 3.63) is 29.3 Å². The van der Waals surface area contributed by atoms with Crippen LogP contribution in [-0.2, 0) is 6.42 Å². The first kappa shape index (κ1) is 13.4. The number of nitrogens with zero attached hydrogens (tertiary/aromatic N) is 1. The first-order valence-corrected chi connectivity index (χ1v) is 7.55. The lowest BCUT2D eigenvalue weighted by Crippen LogP contribution is -2.39. The predicted molar refractivity (Wildman–Crippen MR) is 79.0 cm³/mol. The Hall–Kier alpha value is -1.55. The van der Waals surface area contributed by atoms with Gasteiger partial charge < -0.3 is 15.3 Å². The molecule has 2 aliphatic rings. The molecule has 0 atom stereocenters. The summed E-state index contributed by atoms with van der Waals surface area (Å²) in [6.07, 6.45) is 3.90. The number of aliphatic hydroxyl groups is 1.